The molecule has 0 rings (SSSR count). The van der Waals surface area contributed by atoms with Crippen LogP contribution in [0.3, 0.4) is 0 Å². The molecule has 0 fully saturated rings. The van der Waals surface area contributed by atoms with Gasteiger partial charge in [-0.15, -0.1) is 0 Å². The molecule has 0 unspecified atom stereocenters. The van der Waals surface area contributed by atoms with E-state index in [1.54, 1.807) is 0 Å². The highest BCUT2D eigenvalue weighted by Crippen LogP contribution is 2.22. The third-order valence-electron chi connectivity index (χ3n) is 1.82. The molecule has 0 aromatic carbocycles. The van der Waals surface area contributed by atoms with E-state index in [9.17, 15) is 5.11 Å². The minimum Gasteiger partial charge on any atom is -0.394 e. The first-order valence-corrected chi connectivity index (χ1v) is 4.34. The van der Waals surface area contributed by atoms with Crippen LogP contribution in [0.2, 0.25) is 0 Å². The van der Waals surface area contributed by atoms with E-state index < -0.39 is 12.2 Å². The summed E-state index contributed by atoms with van der Waals surface area (Å²) in [6, 6.07) is 0. The van der Waals surface area contributed by atoms with Crippen LogP contribution in [-0.4, -0.2) is 34.1 Å². The second-order valence-electron chi connectivity index (χ2n) is 4.42. The molecule has 0 aromatic heterocycles. The molecule has 2 atom stereocenters. The maximum absolute atomic E-state index is 9.27. The molecule has 0 amide bonds. The zero-order chi connectivity index (χ0) is 9.78. The zero-order valence-corrected chi connectivity index (χ0v) is 8.12. The summed E-state index contributed by atoms with van der Waals surface area (Å²) in [7, 11) is 0. The summed E-state index contributed by atoms with van der Waals surface area (Å²) in [5.74, 6) is 0. The highest BCUT2D eigenvalue weighted by Gasteiger charge is 2.18. The van der Waals surface area contributed by atoms with Crippen molar-refractivity contribution in [3.63, 3.8) is 0 Å². The summed E-state index contributed by atoms with van der Waals surface area (Å²) in [6.45, 7) is 5.85. The lowest BCUT2D eigenvalue weighted by Gasteiger charge is -2.22. The van der Waals surface area contributed by atoms with Gasteiger partial charge in [-0.2, -0.15) is 0 Å². The molecule has 3 N–H and O–H groups in total. The van der Waals surface area contributed by atoms with Crippen LogP contribution in [0, 0.1) is 5.41 Å². The largest absolute Gasteiger partial charge is 0.394 e. The van der Waals surface area contributed by atoms with Crippen LogP contribution >= 0.6 is 0 Å². The Hall–Kier alpha value is -0.120. The molecule has 3 nitrogen and oxygen atoms in total. The Morgan fingerprint density at radius 2 is 1.58 bits per heavy atom. The van der Waals surface area contributed by atoms with E-state index in [2.05, 4.69) is 20.8 Å². The van der Waals surface area contributed by atoms with Gasteiger partial charge >= 0.3 is 0 Å². The molecular formula is C9H20O3. The Bertz CT molecular complexity index is 117. The van der Waals surface area contributed by atoms with E-state index in [1.165, 1.54) is 0 Å². The fourth-order valence-electron chi connectivity index (χ4n) is 0.895. The van der Waals surface area contributed by atoms with Crippen molar-refractivity contribution in [2.75, 3.05) is 6.61 Å². The van der Waals surface area contributed by atoms with Crippen molar-refractivity contribution < 1.29 is 15.3 Å². The van der Waals surface area contributed by atoms with Gasteiger partial charge in [0.25, 0.3) is 0 Å². The minimum absolute atomic E-state index is 0.163. The smallest absolute Gasteiger partial charge is 0.103 e. The molecule has 74 valence electrons. The molecule has 12 heavy (non-hydrogen) atoms. The van der Waals surface area contributed by atoms with Crippen LogP contribution < -0.4 is 0 Å². The highest BCUT2D eigenvalue weighted by atomic mass is 16.4. The summed E-state index contributed by atoms with van der Waals surface area (Å²) in [4.78, 5) is 0. The maximum Gasteiger partial charge on any atom is 0.103 e. The molecule has 0 bridgehead atoms. The lowest BCUT2D eigenvalue weighted by Crippen LogP contribution is -2.30. The number of hydrogen-bond acceptors (Lipinski definition) is 3. The molecule has 0 heterocycles. The van der Waals surface area contributed by atoms with Crippen molar-refractivity contribution in [1.82, 2.24) is 0 Å². The van der Waals surface area contributed by atoms with E-state index in [0.29, 0.717) is 6.42 Å². The van der Waals surface area contributed by atoms with Gasteiger partial charge in [0.1, 0.15) is 6.10 Å². The van der Waals surface area contributed by atoms with E-state index in [-0.39, 0.29) is 12.0 Å². The van der Waals surface area contributed by atoms with Crippen LogP contribution in [0.25, 0.3) is 0 Å². The number of hydrogen-bond donors (Lipinski definition) is 3. The lowest BCUT2D eigenvalue weighted by molar-refractivity contribution is -0.0218. The quantitative estimate of drug-likeness (QED) is 0.585. The van der Waals surface area contributed by atoms with Crippen LogP contribution in [0.15, 0.2) is 0 Å². The zero-order valence-electron chi connectivity index (χ0n) is 8.12. The van der Waals surface area contributed by atoms with Gasteiger partial charge in [-0.25, -0.2) is 0 Å². The molecular weight excluding hydrogens is 156 g/mol. The van der Waals surface area contributed by atoms with Crippen molar-refractivity contribution in [2.45, 2.75) is 45.8 Å². The second kappa shape index (κ2) is 4.80. The summed E-state index contributed by atoms with van der Waals surface area (Å²) < 4.78 is 0. The van der Waals surface area contributed by atoms with E-state index >= 15 is 0 Å². The van der Waals surface area contributed by atoms with Crippen molar-refractivity contribution in [2.24, 2.45) is 5.41 Å². The van der Waals surface area contributed by atoms with E-state index in [0.717, 1.165) is 6.42 Å². The second-order valence-corrected chi connectivity index (χ2v) is 4.42. The fraction of sp³-hybridized carbons (Fsp3) is 1.00. The van der Waals surface area contributed by atoms with Crippen molar-refractivity contribution in [3.05, 3.63) is 0 Å². The first-order valence-electron chi connectivity index (χ1n) is 4.34. The van der Waals surface area contributed by atoms with Gasteiger partial charge in [0.2, 0.25) is 0 Å². The Labute approximate surface area is 74.0 Å². The molecule has 0 aromatic rings. The summed E-state index contributed by atoms with van der Waals surface area (Å²) >= 11 is 0. The van der Waals surface area contributed by atoms with Crippen LogP contribution in [0.4, 0.5) is 0 Å². The van der Waals surface area contributed by atoms with Gasteiger partial charge in [0.05, 0.1) is 12.7 Å². The van der Waals surface area contributed by atoms with Gasteiger partial charge in [0, 0.05) is 0 Å². The highest BCUT2D eigenvalue weighted by molar-refractivity contribution is 4.70. The predicted molar refractivity (Wildman–Crippen MR) is 47.8 cm³/mol. The van der Waals surface area contributed by atoms with Crippen LogP contribution in [0.1, 0.15) is 33.6 Å². The third kappa shape index (κ3) is 5.52. The molecule has 0 spiro atoms. The van der Waals surface area contributed by atoms with Crippen molar-refractivity contribution >= 4 is 0 Å². The molecule has 0 saturated carbocycles. The average Bonchev–Trinajstić information content (AvgIpc) is 1.97. The maximum atomic E-state index is 9.27. The monoisotopic (exact) mass is 176 g/mol. The van der Waals surface area contributed by atoms with Gasteiger partial charge in [-0.05, 0) is 18.3 Å². The first kappa shape index (κ1) is 11.9. The summed E-state index contributed by atoms with van der Waals surface area (Å²) in [6.07, 6.45) is -0.419. The topological polar surface area (TPSA) is 60.7 Å². The Morgan fingerprint density at radius 1 is 1.08 bits per heavy atom. The lowest BCUT2D eigenvalue weighted by atomic mass is 9.88. The normalized spacial score (nSPS) is 17.5. The number of rotatable bonds is 4. The van der Waals surface area contributed by atoms with Crippen LogP contribution in [0.5, 0.6) is 0 Å². The standard InChI is InChI=1S/C9H20O3/c1-9(2,3)5-4-7(11)8(12)6-10/h7-8,10-12H,4-6H2,1-3H3/t7-,8-/m1/s1. The van der Waals surface area contributed by atoms with Crippen molar-refractivity contribution in [3.8, 4) is 0 Å². The summed E-state index contributed by atoms with van der Waals surface area (Å²) in [5, 5.41) is 26.8. The molecule has 0 saturated heterocycles. The molecule has 0 aliphatic rings. The molecule has 0 aliphatic heterocycles. The Balaban J connectivity index is 3.64. The predicted octanol–water partition coefficient (Wildman–Crippen LogP) is 0.527. The minimum atomic E-state index is -0.993. The van der Waals surface area contributed by atoms with Gasteiger partial charge in [-0.3, -0.25) is 0 Å². The van der Waals surface area contributed by atoms with Crippen molar-refractivity contribution in [1.29, 1.82) is 0 Å². The van der Waals surface area contributed by atoms with Gasteiger partial charge in [-0.1, -0.05) is 20.8 Å². The van der Waals surface area contributed by atoms with Gasteiger partial charge in [0.15, 0.2) is 0 Å². The molecule has 0 radical (unpaired) electrons. The fourth-order valence-corrected chi connectivity index (χ4v) is 0.895. The molecule has 0 aliphatic carbocycles. The average molecular weight is 176 g/mol. The first-order chi connectivity index (χ1) is 5.37. The van der Waals surface area contributed by atoms with E-state index in [4.69, 9.17) is 10.2 Å². The third-order valence-corrected chi connectivity index (χ3v) is 1.82. The SMILES string of the molecule is CC(C)(C)CC[C@@H](O)[C@H](O)CO. The van der Waals surface area contributed by atoms with Gasteiger partial charge < -0.3 is 15.3 Å². The van der Waals surface area contributed by atoms with E-state index in [1.807, 2.05) is 0 Å². The Kier molecular flexibility index (Phi) is 4.75. The van der Waals surface area contributed by atoms with Crippen LogP contribution in [-0.2, 0) is 0 Å². The number of aliphatic hydroxyl groups is 3. The summed E-state index contributed by atoms with van der Waals surface area (Å²) in [5.41, 5.74) is 0.163. The molecule has 3 heteroatoms. The number of aliphatic hydroxyl groups excluding tert-OH is 3. The Morgan fingerprint density at radius 3 is 1.92 bits per heavy atom.